The molecule has 1 aliphatic heterocycles. The fourth-order valence-corrected chi connectivity index (χ4v) is 5.10. The largest absolute Gasteiger partial charge is 0.312 e. The lowest BCUT2D eigenvalue weighted by Crippen LogP contribution is -2.39. The van der Waals surface area contributed by atoms with E-state index in [-0.39, 0.29) is 11.9 Å². The molecule has 24 heavy (non-hydrogen) atoms. The van der Waals surface area contributed by atoms with Crippen molar-refractivity contribution in [2.45, 2.75) is 56.4 Å². The predicted octanol–water partition coefficient (Wildman–Crippen LogP) is 3.01. The van der Waals surface area contributed by atoms with E-state index in [1.807, 2.05) is 0 Å². The SMILES string of the molecule is CC1CCC(N(C)S(=O)(=O)c2ccc(N3CCCC3=O)cc2)CC1. The van der Waals surface area contributed by atoms with E-state index in [1.54, 1.807) is 36.2 Å². The van der Waals surface area contributed by atoms with Crippen molar-refractivity contribution in [3.63, 3.8) is 0 Å². The number of carbonyl (C=O) groups is 1. The van der Waals surface area contributed by atoms with Crippen LogP contribution in [0.2, 0.25) is 0 Å². The van der Waals surface area contributed by atoms with Gasteiger partial charge < -0.3 is 4.90 Å². The molecule has 6 heteroatoms. The number of carbonyl (C=O) groups excluding carboxylic acids is 1. The molecule has 0 N–H and O–H groups in total. The Morgan fingerprint density at radius 1 is 1.08 bits per heavy atom. The van der Waals surface area contributed by atoms with Crippen LogP contribution in [0.4, 0.5) is 5.69 Å². The van der Waals surface area contributed by atoms with Crippen LogP contribution in [0.5, 0.6) is 0 Å². The van der Waals surface area contributed by atoms with E-state index >= 15 is 0 Å². The normalized spacial score (nSPS) is 25.5. The molecular weight excluding hydrogens is 324 g/mol. The fraction of sp³-hybridized carbons (Fsp3) is 0.611. The number of benzene rings is 1. The highest BCUT2D eigenvalue weighted by Gasteiger charge is 2.31. The van der Waals surface area contributed by atoms with Gasteiger partial charge in [-0.3, -0.25) is 4.79 Å². The van der Waals surface area contributed by atoms with Crippen LogP contribution < -0.4 is 4.90 Å². The predicted molar refractivity (Wildman–Crippen MR) is 94.4 cm³/mol. The second-order valence-electron chi connectivity index (χ2n) is 7.08. The van der Waals surface area contributed by atoms with Gasteiger partial charge in [0.15, 0.2) is 0 Å². The van der Waals surface area contributed by atoms with Crippen LogP contribution >= 0.6 is 0 Å². The Bertz CT molecular complexity index is 691. The van der Waals surface area contributed by atoms with E-state index < -0.39 is 10.0 Å². The highest BCUT2D eigenvalue weighted by atomic mass is 32.2. The second-order valence-corrected chi connectivity index (χ2v) is 9.08. The Morgan fingerprint density at radius 3 is 2.25 bits per heavy atom. The maximum atomic E-state index is 12.9. The number of nitrogens with zero attached hydrogens (tertiary/aromatic N) is 2. The van der Waals surface area contributed by atoms with E-state index in [4.69, 9.17) is 0 Å². The minimum absolute atomic E-state index is 0.0889. The van der Waals surface area contributed by atoms with Gasteiger partial charge in [-0.05, 0) is 62.3 Å². The van der Waals surface area contributed by atoms with Crippen molar-refractivity contribution < 1.29 is 13.2 Å². The third kappa shape index (κ3) is 3.35. The molecule has 3 rings (SSSR count). The maximum absolute atomic E-state index is 12.9. The van der Waals surface area contributed by atoms with Crippen molar-refractivity contribution in [1.29, 1.82) is 0 Å². The van der Waals surface area contributed by atoms with Crippen LogP contribution in [0.15, 0.2) is 29.2 Å². The molecule has 2 fully saturated rings. The molecule has 0 aromatic heterocycles. The van der Waals surface area contributed by atoms with Crippen LogP contribution in [0.25, 0.3) is 0 Å². The van der Waals surface area contributed by atoms with Crippen molar-refractivity contribution >= 4 is 21.6 Å². The Hall–Kier alpha value is -1.40. The molecule has 1 aromatic carbocycles. The molecule has 1 saturated heterocycles. The van der Waals surface area contributed by atoms with Gasteiger partial charge >= 0.3 is 0 Å². The Kier molecular flexibility index (Phi) is 4.97. The summed E-state index contributed by atoms with van der Waals surface area (Å²) in [5.74, 6) is 0.800. The topological polar surface area (TPSA) is 57.7 Å². The second kappa shape index (κ2) is 6.84. The molecule has 0 atom stereocenters. The van der Waals surface area contributed by atoms with Crippen LogP contribution in [0.3, 0.4) is 0 Å². The molecule has 1 heterocycles. The number of anilines is 1. The molecule has 5 nitrogen and oxygen atoms in total. The van der Waals surface area contributed by atoms with Gasteiger partial charge in [-0.2, -0.15) is 4.31 Å². The Labute approximate surface area is 144 Å². The van der Waals surface area contributed by atoms with E-state index in [0.717, 1.165) is 37.8 Å². The molecule has 1 aromatic rings. The maximum Gasteiger partial charge on any atom is 0.243 e. The van der Waals surface area contributed by atoms with Crippen molar-refractivity contribution in [2.24, 2.45) is 5.92 Å². The lowest BCUT2D eigenvalue weighted by atomic mass is 9.87. The summed E-state index contributed by atoms with van der Waals surface area (Å²) in [6.07, 6.45) is 5.46. The van der Waals surface area contributed by atoms with E-state index in [2.05, 4.69) is 6.92 Å². The van der Waals surface area contributed by atoms with Crippen molar-refractivity contribution in [3.8, 4) is 0 Å². The molecule has 0 bridgehead atoms. The average molecular weight is 350 g/mol. The van der Waals surface area contributed by atoms with Crippen molar-refractivity contribution in [2.75, 3.05) is 18.5 Å². The molecule has 1 amide bonds. The van der Waals surface area contributed by atoms with Crippen LogP contribution in [0, 0.1) is 5.92 Å². The molecule has 0 radical (unpaired) electrons. The molecule has 132 valence electrons. The van der Waals surface area contributed by atoms with Gasteiger partial charge in [-0.25, -0.2) is 8.42 Å². The fourth-order valence-electron chi connectivity index (χ4n) is 3.69. The smallest absolute Gasteiger partial charge is 0.243 e. The first kappa shape index (κ1) is 17.4. The summed E-state index contributed by atoms with van der Waals surface area (Å²) in [5, 5.41) is 0. The van der Waals surface area contributed by atoms with E-state index in [9.17, 15) is 13.2 Å². The third-order valence-corrected chi connectivity index (χ3v) is 7.32. The van der Waals surface area contributed by atoms with Crippen LogP contribution in [-0.4, -0.2) is 38.3 Å². The van der Waals surface area contributed by atoms with Gasteiger partial charge in [-0.15, -0.1) is 0 Å². The Balaban J connectivity index is 1.75. The zero-order valence-corrected chi connectivity index (χ0v) is 15.3. The first-order valence-electron chi connectivity index (χ1n) is 8.78. The summed E-state index contributed by atoms with van der Waals surface area (Å²) >= 11 is 0. The van der Waals surface area contributed by atoms with E-state index in [1.165, 1.54) is 4.31 Å². The molecule has 0 unspecified atom stereocenters. The average Bonchev–Trinajstić information content (AvgIpc) is 3.01. The molecule has 0 spiro atoms. The van der Waals surface area contributed by atoms with Crippen LogP contribution in [-0.2, 0) is 14.8 Å². The van der Waals surface area contributed by atoms with Crippen molar-refractivity contribution in [1.82, 2.24) is 4.31 Å². The zero-order valence-electron chi connectivity index (χ0n) is 14.4. The summed E-state index contributed by atoms with van der Waals surface area (Å²) < 4.78 is 27.2. The van der Waals surface area contributed by atoms with Crippen LogP contribution in [0.1, 0.15) is 45.4 Å². The lowest BCUT2D eigenvalue weighted by Gasteiger charge is -2.32. The van der Waals surface area contributed by atoms with Crippen molar-refractivity contribution in [3.05, 3.63) is 24.3 Å². The van der Waals surface area contributed by atoms with Gasteiger partial charge in [0.2, 0.25) is 15.9 Å². The molecule has 1 aliphatic carbocycles. The molecular formula is C18H26N2O3S. The highest BCUT2D eigenvalue weighted by molar-refractivity contribution is 7.89. The monoisotopic (exact) mass is 350 g/mol. The quantitative estimate of drug-likeness (QED) is 0.839. The van der Waals surface area contributed by atoms with Gasteiger partial charge in [0.1, 0.15) is 0 Å². The number of hydrogen-bond acceptors (Lipinski definition) is 3. The summed E-state index contributed by atoms with van der Waals surface area (Å²) in [5.41, 5.74) is 0.783. The summed E-state index contributed by atoms with van der Waals surface area (Å²) in [7, 11) is -1.79. The van der Waals surface area contributed by atoms with Gasteiger partial charge in [0.05, 0.1) is 4.90 Å². The summed E-state index contributed by atoms with van der Waals surface area (Å²) in [4.78, 5) is 13.8. The zero-order chi connectivity index (χ0) is 17.3. The number of amides is 1. The minimum atomic E-state index is -3.48. The minimum Gasteiger partial charge on any atom is -0.312 e. The van der Waals surface area contributed by atoms with Gasteiger partial charge in [-0.1, -0.05) is 6.92 Å². The van der Waals surface area contributed by atoms with Gasteiger partial charge in [0.25, 0.3) is 0 Å². The lowest BCUT2D eigenvalue weighted by molar-refractivity contribution is -0.117. The molecule has 2 aliphatic rings. The third-order valence-electron chi connectivity index (χ3n) is 5.40. The Morgan fingerprint density at radius 2 is 1.71 bits per heavy atom. The first-order valence-corrected chi connectivity index (χ1v) is 10.2. The van der Waals surface area contributed by atoms with Gasteiger partial charge in [0, 0.05) is 31.7 Å². The molecule has 1 saturated carbocycles. The number of rotatable bonds is 4. The van der Waals surface area contributed by atoms with E-state index in [0.29, 0.717) is 23.8 Å². The highest BCUT2D eigenvalue weighted by Crippen LogP contribution is 2.30. The number of hydrogen-bond donors (Lipinski definition) is 0. The standard InChI is InChI=1S/C18H26N2O3S/c1-14-5-7-15(8-6-14)19(2)24(22,23)17-11-9-16(10-12-17)20-13-3-4-18(20)21/h9-12,14-15H,3-8,13H2,1-2H3. The summed E-state index contributed by atoms with van der Waals surface area (Å²) in [6, 6.07) is 6.82. The first-order chi connectivity index (χ1) is 11.4. The number of sulfonamides is 1. The summed E-state index contributed by atoms with van der Waals surface area (Å²) in [6.45, 7) is 2.94.